The number of hydrogen-bond acceptors (Lipinski definition) is 9. The Kier molecular flexibility index (Phi) is 5.13. The van der Waals surface area contributed by atoms with Gasteiger partial charge in [-0.05, 0) is 44.9 Å². The molecule has 10 heteroatoms. The Morgan fingerprint density at radius 2 is 2.03 bits per heavy atom. The van der Waals surface area contributed by atoms with Gasteiger partial charge in [0.15, 0.2) is 17.0 Å². The maximum Gasteiger partial charge on any atom is 0.268 e. The van der Waals surface area contributed by atoms with Crippen LogP contribution in [0, 0.1) is 0 Å². The van der Waals surface area contributed by atoms with Crippen molar-refractivity contribution in [2.45, 2.75) is 37.9 Å². The van der Waals surface area contributed by atoms with E-state index in [9.17, 15) is 4.79 Å². The van der Waals surface area contributed by atoms with Crippen molar-refractivity contribution in [3.63, 3.8) is 0 Å². The van der Waals surface area contributed by atoms with E-state index in [1.54, 1.807) is 33.3 Å². The zero-order valence-electron chi connectivity index (χ0n) is 19.0. The number of aromatic nitrogens is 2. The number of amides is 1. The van der Waals surface area contributed by atoms with Gasteiger partial charge in [0.05, 0.1) is 17.6 Å². The van der Waals surface area contributed by atoms with Gasteiger partial charge in [-0.15, -0.1) is 0 Å². The number of carbonyl (C=O) groups excluding carboxylic acids is 1. The molecule has 0 atom stereocenters. The van der Waals surface area contributed by atoms with Crippen molar-refractivity contribution in [3.8, 4) is 5.75 Å². The normalized spacial score (nSPS) is 19.0. The molecule has 0 spiro atoms. The van der Waals surface area contributed by atoms with Crippen LogP contribution in [-0.2, 0) is 9.53 Å². The summed E-state index contributed by atoms with van der Waals surface area (Å²) in [6.07, 6.45) is 3.22. The summed E-state index contributed by atoms with van der Waals surface area (Å²) >= 11 is 0. The summed E-state index contributed by atoms with van der Waals surface area (Å²) in [6, 6.07) is 7.31. The number of benzene rings is 1. The number of hydrogen-bond donors (Lipinski definition) is 3. The fourth-order valence-electron chi connectivity index (χ4n) is 4.25. The lowest BCUT2D eigenvalue weighted by molar-refractivity contribution is -0.129. The number of rotatable bonds is 5. The first-order valence-electron chi connectivity index (χ1n) is 11.0. The van der Waals surface area contributed by atoms with Crippen LogP contribution in [0.2, 0.25) is 0 Å². The molecule has 1 fully saturated rings. The van der Waals surface area contributed by atoms with Crippen molar-refractivity contribution in [2.75, 3.05) is 42.3 Å². The molecule has 0 aliphatic carbocycles. The highest BCUT2D eigenvalue weighted by atomic mass is 16.5. The summed E-state index contributed by atoms with van der Waals surface area (Å²) in [5.74, 6) is 1.59. The number of furan rings is 1. The third-order valence-corrected chi connectivity index (χ3v) is 6.46. The minimum absolute atomic E-state index is 0.194. The van der Waals surface area contributed by atoms with Crippen molar-refractivity contribution < 1.29 is 18.7 Å². The van der Waals surface area contributed by atoms with Gasteiger partial charge < -0.3 is 35.2 Å². The molecular weight excluding hydrogens is 424 g/mol. The topological polar surface area (TPSA) is 128 Å². The van der Waals surface area contributed by atoms with Crippen molar-refractivity contribution in [2.24, 2.45) is 5.73 Å². The molecule has 174 valence electrons. The van der Waals surface area contributed by atoms with Crippen LogP contribution in [0.15, 0.2) is 34.9 Å². The number of fused-ring (bicyclic) bond motifs is 2. The SMILES string of the molecule is COC1(CN)CCN(c2nc(Nc3ccc4c(c3)NC(=O)C(C)(C)O4)nc3ccoc23)CC1. The number of piperidine rings is 1. The van der Waals surface area contributed by atoms with E-state index in [1.807, 2.05) is 18.2 Å². The Bertz CT molecular complexity index is 1190. The Hall–Kier alpha value is -3.37. The minimum atomic E-state index is -0.912. The molecule has 0 bridgehead atoms. The molecule has 2 aromatic heterocycles. The molecule has 0 radical (unpaired) electrons. The van der Waals surface area contributed by atoms with Gasteiger partial charge in [0.25, 0.3) is 5.91 Å². The summed E-state index contributed by atoms with van der Waals surface area (Å²) < 4.78 is 17.2. The molecule has 2 aliphatic heterocycles. The van der Waals surface area contributed by atoms with Gasteiger partial charge in [0, 0.05) is 38.5 Å². The molecule has 5 rings (SSSR count). The van der Waals surface area contributed by atoms with Crippen LogP contribution in [0.25, 0.3) is 11.1 Å². The average Bonchev–Trinajstić information content (AvgIpc) is 3.28. The number of methoxy groups -OCH3 is 1. The van der Waals surface area contributed by atoms with E-state index in [4.69, 9.17) is 24.6 Å². The van der Waals surface area contributed by atoms with Crippen molar-refractivity contribution in [3.05, 3.63) is 30.5 Å². The predicted octanol–water partition coefficient (Wildman–Crippen LogP) is 3.02. The Balaban J connectivity index is 1.42. The number of nitrogens with zero attached hydrogens (tertiary/aromatic N) is 3. The van der Waals surface area contributed by atoms with Crippen molar-refractivity contribution >= 4 is 40.1 Å². The summed E-state index contributed by atoms with van der Waals surface area (Å²) in [5.41, 5.74) is 7.43. The predicted molar refractivity (Wildman–Crippen MR) is 125 cm³/mol. The monoisotopic (exact) mass is 452 g/mol. The number of carbonyl (C=O) groups is 1. The lowest BCUT2D eigenvalue weighted by atomic mass is 9.91. The maximum absolute atomic E-state index is 12.3. The molecule has 3 aromatic rings. The van der Waals surface area contributed by atoms with Crippen LogP contribution in [0.1, 0.15) is 26.7 Å². The second kappa shape index (κ2) is 7.89. The van der Waals surface area contributed by atoms with Gasteiger partial charge in [-0.3, -0.25) is 4.79 Å². The Labute approximate surface area is 191 Å². The highest BCUT2D eigenvalue weighted by molar-refractivity contribution is 6.00. The molecule has 1 saturated heterocycles. The quantitative estimate of drug-likeness (QED) is 0.535. The van der Waals surface area contributed by atoms with Gasteiger partial charge in [0.2, 0.25) is 5.95 Å². The van der Waals surface area contributed by atoms with Crippen LogP contribution in [0.4, 0.5) is 23.1 Å². The molecule has 4 heterocycles. The highest BCUT2D eigenvalue weighted by Gasteiger charge is 2.36. The van der Waals surface area contributed by atoms with Crippen LogP contribution in [-0.4, -0.2) is 53.8 Å². The lowest BCUT2D eigenvalue weighted by Gasteiger charge is -2.40. The smallest absolute Gasteiger partial charge is 0.268 e. The zero-order valence-corrected chi connectivity index (χ0v) is 19.0. The minimum Gasteiger partial charge on any atom is -0.476 e. The highest BCUT2D eigenvalue weighted by Crippen LogP contribution is 2.37. The van der Waals surface area contributed by atoms with Crippen LogP contribution >= 0.6 is 0 Å². The van der Waals surface area contributed by atoms with E-state index < -0.39 is 5.60 Å². The van der Waals surface area contributed by atoms with Gasteiger partial charge in [0.1, 0.15) is 11.3 Å². The van der Waals surface area contributed by atoms with E-state index in [1.165, 1.54) is 0 Å². The van der Waals surface area contributed by atoms with Gasteiger partial charge in [-0.2, -0.15) is 4.98 Å². The second-order valence-corrected chi connectivity index (χ2v) is 8.99. The third kappa shape index (κ3) is 3.85. The van der Waals surface area contributed by atoms with Crippen molar-refractivity contribution in [1.82, 2.24) is 9.97 Å². The van der Waals surface area contributed by atoms with Gasteiger partial charge in [-0.1, -0.05) is 0 Å². The van der Waals surface area contributed by atoms with E-state index in [0.29, 0.717) is 35.0 Å². The average molecular weight is 453 g/mol. The summed E-state index contributed by atoms with van der Waals surface area (Å²) in [7, 11) is 1.72. The van der Waals surface area contributed by atoms with Gasteiger partial charge >= 0.3 is 0 Å². The van der Waals surface area contributed by atoms with E-state index in [-0.39, 0.29) is 11.5 Å². The van der Waals surface area contributed by atoms with E-state index in [0.717, 1.165) is 37.4 Å². The first-order chi connectivity index (χ1) is 15.8. The number of anilines is 4. The molecular formula is C23H28N6O4. The van der Waals surface area contributed by atoms with Crippen molar-refractivity contribution in [1.29, 1.82) is 0 Å². The fourth-order valence-corrected chi connectivity index (χ4v) is 4.25. The zero-order chi connectivity index (χ0) is 23.2. The third-order valence-electron chi connectivity index (χ3n) is 6.46. The molecule has 33 heavy (non-hydrogen) atoms. The molecule has 10 nitrogen and oxygen atoms in total. The first kappa shape index (κ1) is 21.5. The standard InChI is InChI=1S/C23H28N6O4/c1-22(2)20(30)26-16-12-14(4-5-17(16)33-22)25-21-27-15-6-11-32-18(15)19(28-21)29-9-7-23(13-24,31-3)8-10-29/h4-6,11-12H,7-10,13,24H2,1-3H3,(H,26,30)(H,25,27,28). The van der Waals surface area contributed by atoms with Crippen LogP contribution in [0.3, 0.4) is 0 Å². The second-order valence-electron chi connectivity index (χ2n) is 8.99. The molecule has 1 aromatic carbocycles. The number of nitrogens with two attached hydrogens (primary N) is 1. The van der Waals surface area contributed by atoms with Crippen LogP contribution in [0.5, 0.6) is 5.75 Å². The first-order valence-corrected chi connectivity index (χ1v) is 11.0. The molecule has 0 unspecified atom stereocenters. The molecule has 1 amide bonds. The summed E-state index contributed by atoms with van der Waals surface area (Å²) in [6.45, 7) is 5.44. The lowest BCUT2D eigenvalue weighted by Crippen LogP contribution is -2.50. The largest absolute Gasteiger partial charge is 0.476 e. The molecule has 0 saturated carbocycles. The number of nitrogens with one attached hydrogen (secondary N) is 2. The Morgan fingerprint density at radius 1 is 1.24 bits per heavy atom. The summed E-state index contributed by atoms with van der Waals surface area (Å²) in [5, 5.41) is 6.14. The van der Waals surface area contributed by atoms with E-state index >= 15 is 0 Å². The van der Waals surface area contributed by atoms with Gasteiger partial charge in [-0.25, -0.2) is 4.98 Å². The van der Waals surface area contributed by atoms with Crippen LogP contribution < -0.4 is 26.0 Å². The number of ether oxygens (including phenoxy) is 2. The Morgan fingerprint density at radius 3 is 2.76 bits per heavy atom. The fraction of sp³-hybridized carbons (Fsp3) is 0.435. The molecule has 2 aliphatic rings. The summed E-state index contributed by atoms with van der Waals surface area (Å²) in [4.78, 5) is 23.8. The van der Waals surface area contributed by atoms with E-state index in [2.05, 4.69) is 20.5 Å². The molecule has 4 N–H and O–H groups in total. The maximum atomic E-state index is 12.3.